The first-order valence-corrected chi connectivity index (χ1v) is 8.97. The lowest BCUT2D eigenvalue weighted by Crippen LogP contribution is -2.18. The largest absolute Gasteiger partial charge is 0.468 e. The Kier molecular flexibility index (Phi) is 5.90. The Labute approximate surface area is 167 Å². The second-order valence-electron chi connectivity index (χ2n) is 6.49. The Bertz CT molecular complexity index is 1110. The van der Waals surface area contributed by atoms with Crippen LogP contribution in [0.2, 0.25) is 0 Å². The summed E-state index contributed by atoms with van der Waals surface area (Å²) in [6, 6.07) is 9.82. The van der Waals surface area contributed by atoms with Gasteiger partial charge in [-0.1, -0.05) is 29.8 Å². The van der Waals surface area contributed by atoms with Gasteiger partial charge in [-0.3, -0.25) is 4.79 Å². The van der Waals surface area contributed by atoms with Gasteiger partial charge in [0, 0.05) is 23.9 Å². The highest BCUT2D eigenvalue weighted by molar-refractivity contribution is 6.03. The van der Waals surface area contributed by atoms with Gasteiger partial charge in [-0.15, -0.1) is 0 Å². The fraction of sp³-hybridized carbons (Fsp3) is 0.238. The van der Waals surface area contributed by atoms with Crippen LogP contribution in [-0.2, 0) is 16.0 Å². The van der Waals surface area contributed by atoms with Gasteiger partial charge in [-0.2, -0.15) is 5.26 Å². The molecular weight excluding hydrogens is 370 g/mol. The maximum atomic E-state index is 12.1. The number of hydrogen-bond donors (Lipinski definition) is 2. The minimum Gasteiger partial charge on any atom is -0.468 e. The van der Waals surface area contributed by atoms with Crippen LogP contribution in [-0.4, -0.2) is 39.3 Å². The van der Waals surface area contributed by atoms with Crippen molar-refractivity contribution < 1.29 is 14.6 Å². The highest BCUT2D eigenvalue weighted by Gasteiger charge is 2.27. The molecule has 3 N–H and O–H groups in total. The second-order valence-corrected chi connectivity index (χ2v) is 6.49. The molecule has 0 aliphatic carbocycles. The molecule has 148 valence electrons. The molecule has 0 bridgehead atoms. The molecule has 2 heterocycles. The van der Waals surface area contributed by atoms with Crippen molar-refractivity contribution in [2.75, 3.05) is 19.5 Å². The van der Waals surface area contributed by atoms with Crippen molar-refractivity contribution in [1.82, 2.24) is 14.5 Å². The summed E-state index contributed by atoms with van der Waals surface area (Å²) in [6.45, 7) is 1.80. The van der Waals surface area contributed by atoms with Gasteiger partial charge in [0.2, 0.25) is 0 Å². The maximum absolute atomic E-state index is 12.1. The Morgan fingerprint density at radius 1 is 1.38 bits per heavy atom. The average Bonchev–Trinajstić information content (AvgIpc) is 3.04. The average molecular weight is 391 g/mol. The van der Waals surface area contributed by atoms with E-state index in [1.165, 1.54) is 13.4 Å². The van der Waals surface area contributed by atoms with Crippen LogP contribution in [0.25, 0.3) is 28.4 Å². The number of aliphatic hydroxyl groups excluding tert-OH is 1. The molecule has 2 aromatic heterocycles. The Morgan fingerprint density at radius 2 is 2.10 bits per heavy atom. The molecule has 0 unspecified atom stereocenters. The number of carbonyl (C=O) groups is 1. The third-order valence-electron chi connectivity index (χ3n) is 4.65. The van der Waals surface area contributed by atoms with Gasteiger partial charge in [-0.25, -0.2) is 9.97 Å². The van der Waals surface area contributed by atoms with Gasteiger partial charge in [0.15, 0.2) is 0 Å². The number of nitrogens with two attached hydrogens (primary N) is 1. The molecule has 1 atom stereocenters. The van der Waals surface area contributed by atoms with Crippen molar-refractivity contribution in [3.05, 3.63) is 47.9 Å². The lowest BCUT2D eigenvalue weighted by Gasteiger charge is -2.12. The molecule has 3 aromatic rings. The maximum Gasteiger partial charge on any atom is 0.323 e. The van der Waals surface area contributed by atoms with E-state index in [2.05, 4.69) is 9.97 Å². The Balaban J connectivity index is 2.36. The predicted octanol–water partition coefficient (Wildman–Crippen LogP) is 2.31. The zero-order valence-corrected chi connectivity index (χ0v) is 16.2. The number of esters is 1. The fourth-order valence-corrected chi connectivity index (χ4v) is 3.27. The molecule has 0 spiro atoms. The van der Waals surface area contributed by atoms with Crippen LogP contribution < -0.4 is 5.73 Å². The third kappa shape index (κ3) is 3.81. The number of fused-ring (bicyclic) bond motifs is 1. The summed E-state index contributed by atoms with van der Waals surface area (Å²) in [5.41, 5.74) is 10.1. The number of aryl methyl sites for hydroxylation is 1. The van der Waals surface area contributed by atoms with Gasteiger partial charge in [-0.05, 0) is 18.6 Å². The lowest BCUT2D eigenvalue weighted by molar-refractivity contribution is -0.143. The number of aliphatic hydroxyl groups is 1. The SMILES string of the molecule is COC(=O)[C@H](C#N)Cc1c(-c2ccc(C)cc2)c2c(N)ncnc2n1/C=C/CO. The van der Waals surface area contributed by atoms with E-state index >= 15 is 0 Å². The molecule has 0 aliphatic rings. The molecule has 8 heteroatoms. The Morgan fingerprint density at radius 3 is 2.72 bits per heavy atom. The van der Waals surface area contributed by atoms with E-state index in [1.807, 2.05) is 37.3 Å². The van der Waals surface area contributed by atoms with Gasteiger partial charge >= 0.3 is 5.97 Å². The molecule has 0 amide bonds. The summed E-state index contributed by atoms with van der Waals surface area (Å²) in [6.07, 6.45) is 4.62. The van der Waals surface area contributed by atoms with Gasteiger partial charge in [0.25, 0.3) is 0 Å². The van der Waals surface area contributed by atoms with Crippen LogP contribution in [0.1, 0.15) is 11.3 Å². The molecule has 29 heavy (non-hydrogen) atoms. The van der Waals surface area contributed by atoms with Crippen molar-refractivity contribution in [2.45, 2.75) is 13.3 Å². The van der Waals surface area contributed by atoms with Crippen molar-refractivity contribution in [3.8, 4) is 17.2 Å². The van der Waals surface area contributed by atoms with Crippen LogP contribution in [0, 0.1) is 24.2 Å². The van der Waals surface area contributed by atoms with E-state index in [9.17, 15) is 15.2 Å². The number of hydrogen-bond acceptors (Lipinski definition) is 7. The molecular formula is C21H21N5O3. The van der Waals surface area contributed by atoms with E-state index in [0.29, 0.717) is 16.7 Å². The molecule has 0 fully saturated rings. The van der Waals surface area contributed by atoms with Crippen LogP contribution in [0.4, 0.5) is 5.82 Å². The molecule has 0 radical (unpaired) electrons. The Hall–Kier alpha value is -3.70. The number of rotatable bonds is 6. The van der Waals surface area contributed by atoms with Crippen molar-refractivity contribution >= 4 is 29.0 Å². The predicted molar refractivity (Wildman–Crippen MR) is 109 cm³/mol. The summed E-state index contributed by atoms with van der Waals surface area (Å²) in [5, 5.41) is 19.4. The zero-order valence-electron chi connectivity index (χ0n) is 16.2. The topological polar surface area (TPSA) is 127 Å². The quantitative estimate of drug-likeness (QED) is 0.617. The number of nitriles is 1. The number of anilines is 1. The number of benzene rings is 1. The van der Waals surface area contributed by atoms with Crippen molar-refractivity contribution in [2.24, 2.45) is 5.92 Å². The van der Waals surface area contributed by atoms with Gasteiger partial charge in [0.05, 0.1) is 25.2 Å². The summed E-state index contributed by atoms with van der Waals surface area (Å²) < 4.78 is 6.50. The fourth-order valence-electron chi connectivity index (χ4n) is 3.27. The van der Waals surface area contributed by atoms with Gasteiger partial charge < -0.3 is 20.1 Å². The highest BCUT2D eigenvalue weighted by Crippen LogP contribution is 2.38. The first-order chi connectivity index (χ1) is 14.0. The van der Waals surface area contributed by atoms with E-state index < -0.39 is 11.9 Å². The van der Waals surface area contributed by atoms with E-state index in [1.54, 1.807) is 16.8 Å². The van der Waals surface area contributed by atoms with E-state index in [-0.39, 0.29) is 18.8 Å². The first kappa shape index (κ1) is 20.0. The van der Waals surface area contributed by atoms with Crippen molar-refractivity contribution in [3.63, 3.8) is 0 Å². The summed E-state index contributed by atoms with van der Waals surface area (Å²) in [5.74, 6) is -1.34. The van der Waals surface area contributed by atoms with E-state index in [4.69, 9.17) is 10.5 Å². The van der Waals surface area contributed by atoms with Crippen LogP contribution in [0.15, 0.2) is 36.7 Å². The normalized spacial score (nSPS) is 12.2. The molecule has 1 aromatic carbocycles. The monoisotopic (exact) mass is 391 g/mol. The summed E-state index contributed by atoms with van der Waals surface area (Å²) in [7, 11) is 1.25. The molecule has 0 aliphatic heterocycles. The van der Waals surface area contributed by atoms with Crippen LogP contribution in [0.5, 0.6) is 0 Å². The number of nitrogens with zero attached hydrogens (tertiary/aromatic N) is 4. The number of methoxy groups -OCH3 is 1. The zero-order chi connectivity index (χ0) is 21.0. The smallest absolute Gasteiger partial charge is 0.323 e. The number of carbonyl (C=O) groups excluding carboxylic acids is 1. The summed E-state index contributed by atoms with van der Waals surface area (Å²) >= 11 is 0. The minimum absolute atomic E-state index is 0.0813. The molecule has 0 saturated heterocycles. The van der Waals surface area contributed by atoms with Crippen molar-refractivity contribution in [1.29, 1.82) is 5.26 Å². The first-order valence-electron chi connectivity index (χ1n) is 8.97. The molecule has 0 saturated carbocycles. The second kappa shape index (κ2) is 8.54. The van der Waals surface area contributed by atoms with Gasteiger partial charge in [0.1, 0.15) is 23.7 Å². The highest BCUT2D eigenvalue weighted by atomic mass is 16.5. The number of aromatic nitrogens is 3. The number of ether oxygens (including phenoxy) is 1. The van der Waals surface area contributed by atoms with E-state index in [0.717, 1.165) is 16.7 Å². The summed E-state index contributed by atoms with van der Waals surface area (Å²) in [4.78, 5) is 20.6. The molecule has 3 rings (SSSR count). The lowest BCUT2D eigenvalue weighted by atomic mass is 9.96. The standard InChI is InChI=1S/C21H21N5O3/c1-13-4-6-14(7-5-13)17-16(10-15(11-22)21(28)29-2)26(8-3-9-27)20-18(17)19(23)24-12-25-20/h3-8,12,15,27H,9-10H2,1-2H3,(H2,23,24,25)/b8-3+/t15-/m0/s1. The third-order valence-corrected chi connectivity index (χ3v) is 4.65. The van der Waals surface area contributed by atoms with Crippen LogP contribution in [0.3, 0.4) is 0 Å². The van der Waals surface area contributed by atoms with Crippen LogP contribution >= 0.6 is 0 Å². The number of nitrogen functional groups attached to an aromatic ring is 1. The minimum atomic E-state index is -1.01. The molecule has 8 nitrogen and oxygen atoms in total.